The van der Waals surface area contributed by atoms with Crippen LogP contribution in [0.15, 0.2) is 51.3 Å². The van der Waals surface area contributed by atoms with Crippen LogP contribution in [0.5, 0.6) is 5.75 Å². The van der Waals surface area contributed by atoms with Crippen molar-refractivity contribution < 1.29 is 18.7 Å². The number of ether oxygens (including phenoxy) is 2. The molecule has 2 heterocycles. The number of esters is 1. The molecule has 0 spiro atoms. The van der Waals surface area contributed by atoms with Gasteiger partial charge < -0.3 is 13.9 Å². The van der Waals surface area contributed by atoms with E-state index in [4.69, 9.17) is 13.9 Å². The summed E-state index contributed by atoms with van der Waals surface area (Å²) in [7, 11) is 1.53. The summed E-state index contributed by atoms with van der Waals surface area (Å²) in [5, 5.41) is 1.95. The molecule has 124 valence electrons. The van der Waals surface area contributed by atoms with Crippen LogP contribution in [0.1, 0.15) is 16.1 Å². The normalized spacial score (nSPS) is 10.6. The summed E-state index contributed by atoms with van der Waals surface area (Å²) in [6.07, 6.45) is 3.46. The third kappa shape index (κ3) is 3.63. The number of carbonyl (C=O) groups is 1. The number of thiophene rings is 1. The van der Waals surface area contributed by atoms with Crippen LogP contribution in [0.2, 0.25) is 0 Å². The van der Waals surface area contributed by atoms with Gasteiger partial charge in [-0.1, -0.05) is 6.07 Å². The predicted octanol–water partition coefficient (Wildman–Crippen LogP) is 4.49. The molecule has 0 fully saturated rings. The second-order valence-electron chi connectivity index (χ2n) is 4.76. The van der Waals surface area contributed by atoms with Gasteiger partial charge in [0.05, 0.1) is 12.0 Å². The smallest absolute Gasteiger partial charge is 0.342 e. The summed E-state index contributed by atoms with van der Waals surface area (Å²) in [6.45, 7) is 0.0428. The fourth-order valence-electron chi connectivity index (χ4n) is 2.07. The average molecular weight is 361 g/mol. The Morgan fingerprint density at radius 1 is 1.38 bits per heavy atom. The van der Waals surface area contributed by atoms with Crippen LogP contribution in [0.25, 0.3) is 10.8 Å². The monoisotopic (exact) mass is 361 g/mol. The van der Waals surface area contributed by atoms with Crippen LogP contribution < -0.4 is 4.74 Å². The molecule has 0 atom stereocenters. The maximum atomic E-state index is 12.3. The minimum absolute atomic E-state index is 0.0428. The molecule has 0 saturated carbocycles. The van der Waals surface area contributed by atoms with Crippen LogP contribution in [0.4, 0.5) is 0 Å². The van der Waals surface area contributed by atoms with Crippen molar-refractivity contribution in [3.63, 3.8) is 0 Å². The molecule has 0 aliphatic carbocycles. The Morgan fingerprint density at radius 2 is 2.25 bits per heavy atom. The fourth-order valence-corrected chi connectivity index (χ4v) is 3.16. The van der Waals surface area contributed by atoms with Crippen molar-refractivity contribution in [3.8, 4) is 16.5 Å². The molecule has 0 aliphatic heterocycles. The van der Waals surface area contributed by atoms with Gasteiger partial charge in [-0.2, -0.15) is 0 Å². The van der Waals surface area contributed by atoms with Gasteiger partial charge in [-0.25, -0.2) is 9.78 Å². The number of carbonyl (C=O) groups excluding carboxylic acids is 1. The van der Waals surface area contributed by atoms with Crippen LogP contribution in [0.3, 0.4) is 0 Å². The van der Waals surface area contributed by atoms with Gasteiger partial charge in [0.25, 0.3) is 0 Å². The Morgan fingerprint density at radius 3 is 2.96 bits per heavy atom. The molecule has 0 bridgehead atoms. The topological polar surface area (TPSA) is 61.6 Å². The lowest BCUT2D eigenvalue weighted by atomic mass is 10.2. The van der Waals surface area contributed by atoms with Crippen molar-refractivity contribution >= 4 is 29.1 Å². The van der Waals surface area contributed by atoms with Crippen molar-refractivity contribution in [3.05, 3.63) is 53.2 Å². The van der Waals surface area contributed by atoms with Crippen LogP contribution in [-0.2, 0) is 11.3 Å². The second-order valence-corrected chi connectivity index (χ2v) is 6.59. The zero-order valence-electron chi connectivity index (χ0n) is 13.1. The van der Waals surface area contributed by atoms with Gasteiger partial charge in [0.1, 0.15) is 29.9 Å². The van der Waals surface area contributed by atoms with Crippen molar-refractivity contribution in [2.75, 3.05) is 13.4 Å². The van der Waals surface area contributed by atoms with E-state index in [0.29, 0.717) is 22.9 Å². The van der Waals surface area contributed by atoms with E-state index in [-0.39, 0.29) is 6.61 Å². The molecule has 0 N–H and O–H groups in total. The van der Waals surface area contributed by atoms with E-state index in [1.54, 1.807) is 17.8 Å². The number of hydrogen-bond donors (Lipinski definition) is 0. The highest BCUT2D eigenvalue weighted by molar-refractivity contribution is 7.98. The Bertz CT molecular complexity index is 827. The van der Waals surface area contributed by atoms with Gasteiger partial charge in [0.15, 0.2) is 0 Å². The van der Waals surface area contributed by atoms with Gasteiger partial charge in [0.2, 0.25) is 5.89 Å². The number of benzene rings is 1. The van der Waals surface area contributed by atoms with Crippen molar-refractivity contribution in [1.82, 2.24) is 4.98 Å². The van der Waals surface area contributed by atoms with Crippen LogP contribution in [-0.4, -0.2) is 24.3 Å². The van der Waals surface area contributed by atoms with E-state index >= 15 is 0 Å². The highest BCUT2D eigenvalue weighted by Gasteiger charge is 2.16. The molecule has 3 rings (SSSR count). The van der Waals surface area contributed by atoms with E-state index < -0.39 is 5.97 Å². The summed E-state index contributed by atoms with van der Waals surface area (Å²) < 4.78 is 16.0. The molecule has 1 aromatic carbocycles. The standard InChI is InChI=1S/C17H15NO4S2/c1-20-14-8-12(23-2)5-6-13(14)17(19)22-10-11-9-21-16(18-11)15-4-3-7-24-15/h3-9H,10H2,1-2H3. The Hall–Kier alpha value is -2.25. The predicted molar refractivity (Wildman–Crippen MR) is 93.7 cm³/mol. The lowest BCUT2D eigenvalue weighted by Gasteiger charge is -2.09. The Balaban J connectivity index is 1.67. The maximum absolute atomic E-state index is 12.3. The summed E-state index contributed by atoms with van der Waals surface area (Å²) in [5.74, 6) is 0.560. The summed E-state index contributed by atoms with van der Waals surface area (Å²) >= 11 is 3.11. The molecular formula is C17H15NO4S2. The molecular weight excluding hydrogens is 346 g/mol. The fraction of sp³-hybridized carbons (Fsp3) is 0.176. The first kappa shape index (κ1) is 16.6. The van der Waals surface area contributed by atoms with Crippen molar-refractivity contribution in [2.24, 2.45) is 0 Å². The minimum Gasteiger partial charge on any atom is -0.496 e. The molecule has 0 amide bonds. The lowest BCUT2D eigenvalue weighted by molar-refractivity contribution is 0.0464. The van der Waals surface area contributed by atoms with Gasteiger partial charge in [-0.15, -0.1) is 23.1 Å². The number of rotatable bonds is 6. The van der Waals surface area contributed by atoms with Crippen molar-refractivity contribution in [1.29, 1.82) is 0 Å². The second kappa shape index (κ2) is 7.55. The van der Waals surface area contributed by atoms with Crippen molar-refractivity contribution in [2.45, 2.75) is 11.5 Å². The van der Waals surface area contributed by atoms with E-state index in [2.05, 4.69) is 4.98 Å². The molecule has 0 radical (unpaired) electrons. The van der Waals surface area contributed by atoms with E-state index in [0.717, 1.165) is 9.77 Å². The molecule has 7 heteroatoms. The zero-order chi connectivity index (χ0) is 16.9. The first-order chi connectivity index (χ1) is 11.7. The summed E-state index contributed by atoms with van der Waals surface area (Å²) in [4.78, 5) is 18.5. The molecule has 2 aromatic heterocycles. The average Bonchev–Trinajstić information content (AvgIpc) is 3.30. The third-order valence-corrected chi connectivity index (χ3v) is 4.85. The maximum Gasteiger partial charge on any atom is 0.342 e. The van der Waals surface area contributed by atoms with Crippen LogP contribution in [0, 0.1) is 0 Å². The largest absolute Gasteiger partial charge is 0.496 e. The number of methoxy groups -OCH3 is 1. The van der Waals surface area contributed by atoms with Gasteiger partial charge in [0, 0.05) is 4.90 Å². The minimum atomic E-state index is -0.458. The first-order valence-corrected chi connectivity index (χ1v) is 9.19. The number of hydrogen-bond acceptors (Lipinski definition) is 7. The summed E-state index contributed by atoms with van der Waals surface area (Å²) in [5.41, 5.74) is 0.948. The molecule has 0 aliphatic rings. The number of thioether (sulfide) groups is 1. The lowest BCUT2D eigenvalue weighted by Crippen LogP contribution is -2.07. The Labute approximate surface area is 147 Å². The van der Waals surface area contributed by atoms with Gasteiger partial charge in [-0.05, 0) is 35.9 Å². The SMILES string of the molecule is COc1cc(SC)ccc1C(=O)OCc1coc(-c2cccs2)n1. The van der Waals surface area contributed by atoms with Gasteiger partial charge in [-0.3, -0.25) is 0 Å². The molecule has 0 unspecified atom stereocenters. The third-order valence-electron chi connectivity index (χ3n) is 3.26. The number of aromatic nitrogens is 1. The Kier molecular flexibility index (Phi) is 5.22. The molecule has 5 nitrogen and oxygen atoms in total. The van der Waals surface area contributed by atoms with E-state index in [1.807, 2.05) is 35.9 Å². The highest BCUT2D eigenvalue weighted by Crippen LogP contribution is 2.27. The number of oxazole rings is 1. The summed E-state index contributed by atoms with van der Waals surface area (Å²) in [6, 6.07) is 9.22. The molecule has 3 aromatic rings. The zero-order valence-corrected chi connectivity index (χ0v) is 14.8. The first-order valence-electron chi connectivity index (χ1n) is 7.08. The van der Waals surface area contributed by atoms with E-state index in [1.165, 1.54) is 24.7 Å². The quantitative estimate of drug-likeness (QED) is 0.476. The van der Waals surface area contributed by atoms with E-state index in [9.17, 15) is 4.79 Å². The molecule has 0 saturated heterocycles. The van der Waals surface area contributed by atoms with Gasteiger partial charge >= 0.3 is 5.97 Å². The molecule has 24 heavy (non-hydrogen) atoms. The highest BCUT2D eigenvalue weighted by atomic mass is 32.2. The van der Waals surface area contributed by atoms with Crippen LogP contribution >= 0.6 is 23.1 Å². The number of nitrogens with zero attached hydrogens (tertiary/aromatic N) is 1.